The Morgan fingerprint density at radius 2 is 1.69 bits per heavy atom. The predicted octanol–water partition coefficient (Wildman–Crippen LogP) is 4.83. The Bertz CT molecular complexity index is 341. The second-order valence-electron chi connectivity index (χ2n) is 6.96. The van der Waals surface area contributed by atoms with Gasteiger partial charge in [-0.3, -0.25) is 0 Å². The highest BCUT2D eigenvalue weighted by Gasteiger charge is 2.51. The minimum Gasteiger partial charge on any atom is -0.0839 e. The molecule has 0 heterocycles. The van der Waals surface area contributed by atoms with Gasteiger partial charge in [0.05, 0.1) is 0 Å². The van der Waals surface area contributed by atoms with Crippen LogP contribution in [0.3, 0.4) is 0 Å². The number of allylic oxidation sites excluding steroid dienone is 4. The van der Waals surface area contributed by atoms with Crippen molar-refractivity contribution in [3.8, 4) is 0 Å². The Morgan fingerprint density at radius 3 is 2.31 bits per heavy atom. The molecule has 0 aromatic rings. The summed E-state index contributed by atoms with van der Waals surface area (Å²) in [6.45, 7) is 14.7. The molecule has 0 aromatic heterocycles. The molecule has 0 aliphatic heterocycles. The first-order chi connectivity index (χ1) is 7.29. The van der Waals surface area contributed by atoms with E-state index in [1.165, 1.54) is 6.42 Å². The zero-order valence-corrected chi connectivity index (χ0v) is 11.7. The highest BCUT2D eigenvalue weighted by molar-refractivity contribution is 5.31. The number of hydrogen-bond acceptors (Lipinski definition) is 0. The molecule has 0 N–H and O–H groups in total. The molecule has 2 aliphatic rings. The van der Waals surface area contributed by atoms with Gasteiger partial charge in [-0.2, -0.15) is 0 Å². The van der Waals surface area contributed by atoms with Gasteiger partial charge in [-0.25, -0.2) is 0 Å². The van der Waals surface area contributed by atoms with Crippen LogP contribution in [-0.2, 0) is 0 Å². The molecule has 1 fully saturated rings. The molecule has 0 radical (unpaired) electrons. The summed E-state index contributed by atoms with van der Waals surface area (Å²) in [6.07, 6.45) is 8.22. The molecule has 0 nitrogen and oxygen atoms in total. The van der Waals surface area contributed by atoms with Crippen LogP contribution in [0.5, 0.6) is 0 Å². The molecule has 0 bridgehead atoms. The second kappa shape index (κ2) is 3.48. The van der Waals surface area contributed by atoms with Crippen molar-refractivity contribution in [2.24, 2.45) is 28.6 Å². The Labute approximate surface area is 101 Å². The van der Waals surface area contributed by atoms with Gasteiger partial charge in [0, 0.05) is 0 Å². The van der Waals surface area contributed by atoms with Crippen molar-refractivity contribution >= 4 is 0 Å². The molecule has 2 aliphatic carbocycles. The van der Waals surface area contributed by atoms with Gasteiger partial charge < -0.3 is 0 Å². The fraction of sp³-hybridized carbons (Fsp3) is 0.750. The first-order valence-corrected chi connectivity index (χ1v) is 6.66. The lowest BCUT2D eigenvalue weighted by atomic mass is 9.48. The monoisotopic (exact) mass is 218 g/mol. The van der Waals surface area contributed by atoms with Gasteiger partial charge in [0.1, 0.15) is 0 Å². The van der Waals surface area contributed by atoms with E-state index in [0.29, 0.717) is 10.8 Å². The largest absolute Gasteiger partial charge is 0.0839 e. The van der Waals surface area contributed by atoms with Gasteiger partial charge in [0.25, 0.3) is 0 Å². The van der Waals surface area contributed by atoms with E-state index in [4.69, 9.17) is 0 Å². The minimum absolute atomic E-state index is 0.365. The maximum absolute atomic E-state index is 2.46. The molecule has 1 saturated carbocycles. The molecule has 16 heavy (non-hydrogen) atoms. The summed E-state index contributed by atoms with van der Waals surface area (Å²) >= 11 is 0. The van der Waals surface area contributed by atoms with Crippen LogP contribution in [0.25, 0.3) is 0 Å². The topological polar surface area (TPSA) is 0 Å². The average molecular weight is 218 g/mol. The van der Waals surface area contributed by atoms with E-state index in [2.05, 4.69) is 59.8 Å². The Kier molecular flexibility index (Phi) is 2.60. The molecule has 0 amide bonds. The third-order valence-electron chi connectivity index (χ3n) is 5.86. The van der Waals surface area contributed by atoms with Gasteiger partial charge in [-0.1, -0.05) is 65.3 Å². The van der Waals surface area contributed by atoms with Crippen molar-refractivity contribution in [3.63, 3.8) is 0 Å². The highest BCUT2D eigenvalue weighted by atomic mass is 14.6. The zero-order chi connectivity index (χ0) is 12.1. The Hall–Kier alpha value is -0.520. The van der Waals surface area contributed by atoms with Crippen LogP contribution >= 0.6 is 0 Å². The third-order valence-corrected chi connectivity index (χ3v) is 5.86. The normalized spacial score (nSPS) is 40.1. The summed E-state index contributed by atoms with van der Waals surface area (Å²) < 4.78 is 0. The fourth-order valence-corrected chi connectivity index (χ4v) is 3.85. The van der Waals surface area contributed by atoms with E-state index in [9.17, 15) is 0 Å². The second-order valence-corrected chi connectivity index (χ2v) is 6.96. The molecule has 0 aromatic carbocycles. The molecule has 0 saturated heterocycles. The zero-order valence-electron chi connectivity index (χ0n) is 11.7. The summed E-state index contributed by atoms with van der Waals surface area (Å²) in [4.78, 5) is 0. The highest BCUT2D eigenvalue weighted by Crippen LogP contribution is 2.59. The molecule has 2 rings (SSSR count). The molecule has 3 unspecified atom stereocenters. The smallest absolute Gasteiger partial charge is 0.0106 e. The summed E-state index contributed by atoms with van der Waals surface area (Å²) in [5.74, 6) is 2.30. The van der Waals surface area contributed by atoms with Crippen LogP contribution in [0.2, 0.25) is 0 Å². The van der Waals surface area contributed by atoms with Gasteiger partial charge >= 0.3 is 0 Å². The van der Waals surface area contributed by atoms with Crippen LogP contribution in [0.4, 0.5) is 0 Å². The summed E-state index contributed by atoms with van der Waals surface area (Å²) in [6, 6.07) is 0. The van der Waals surface area contributed by atoms with Gasteiger partial charge in [0.2, 0.25) is 0 Å². The van der Waals surface area contributed by atoms with E-state index >= 15 is 0 Å². The summed E-state index contributed by atoms with van der Waals surface area (Å²) in [5, 5.41) is 0. The van der Waals surface area contributed by atoms with Crippen LogP contribution in [0, 0.1) is 28.6 Å². The molecule has 0 spiro atoms. The molecule has 0 heteroatoms. The Balaban J connectivity index is 2.50. The van der Waals surface area contributed by atoms with E-state index in [1.807, 2.05) is 0 Å². The van der Waals surface area contributed by atoms with Gasteiger partial charge in [0.15, 0.2) is 0 Å². The first-order valence-electron chi connectivity index (χ1n) is 6.66. The molecule has 3 atom stereocenters. The fourth-order valence-electron chi connectivity index (χ4n) is 3.85. The maximum Gasteiger partial charge on any atom is -0.0106 e. The maximum atomic E-state index is 2.46. The van der Waals surface area contributed by atoms with Crippen molar-refractivity contribution < 1.29 is 0 Å². The van der Waals surface area contributed by atoms with E-state index in [1.54, 1.807) is 5.57 Å². The van der Waals surface area contributed by atoms with Crippen molar-refractivity contribution in [3.05, 3.63) is 23.8 Å². The minimum atomic E-state index is 0.365. The summed E-state index contributed by atoms with van der Waals surface area (Å²) in [7, 11) is 0. The van der Waals surface area contributed by atoms with E-state index in [0.717, 1.165) is 17.8 Å². The van der Waals surface area contributed by atoms with Gasteiger partial charge in [-0.15, -0.1) is 0 Å². The van der Waals surface area contributed by atoms with Crippen LogP contribution in [0.15, 0.2) is 23.8 Å². The van der Waals surface area contributed by atoms with Crippen LogP contribution in [-0.4, -0.2) is 0 Å². The van der Waals surface area contributed by atoms with Crippen molar-refractivity contribution in [2.75, 3.05) is 0 Å². The quantitative estimate of drug-likeness (QED) is 0.546. The molecule has 90 valence electrons. The lowest BCUT2D eigenvalue weighted by Gasteiger charge is -2.57. The SMILES string of the molecule is CC1C(C)C(C)(C)C2CC=CC=C2C1(C)C. The average Bonchev–Trinajstić information content (AvgIpc) is 2.25. The molecular formula is C16H26. The lowest BCUT2D eigenvalue weighted by molar-refractivity contribution is 0.00130. The number of hydrogen-bond donors (Lipinski definition) is 0. The number of rotatable bonds is 0. The lowest BCUT2D eigenvalue weighted by Crippen LogP contribution is -2.49. The van der Waals surface area contributed by atoms with E-state index in [-0.39, 0.29) is 0 Å². The first kappa shape index (κ1) is 12.0. The van der Waals surface area contributed by atoms with Gasteiger partial charge in [-0.05, 0) is 35.0 Å². The Morgan fingerprint density at radius 1 is 1.06 bits per heavy atom. The van der Waals surface area contributed by atoms with Crippen LogP contribution < -0.4 is 0 Å². The van der Waals surface area contributed by atoms with Crippen LogP contribution in [0.1, 0.15) is 48.0 Å². The number of fused-ring (bicyclic) bond motifs is 1. The standard InChI is InChI=1S/C16H26/c1-11-12(2)16(5,6)14-10-8-7-9-13(14)15(11,3)4/h7-9,11-12,14H,10H2,1-6H3. The van der Waals surface area contributed by atoms with Crippen molar-refractivity contribution in [1.29, 1.82) is 0 Å². The molecular weight excluding hydrogens is 192 g/mol. The van der Waals surface area contributed by atoms with Crippen molar-refractivity contribution in [2.45, 2.75) is 48.0 Å². The summed E-state index contributed by atoms with van der Waals surface area (Å²) in [5.41, 5.74) is 2.49. The van der Waals surface area contributed by atoms with Crippen molar-refractivity contribution in [1.82, 2.24) is 0 Å². The predicted molar refractivity (Wildman–Crippen MR) is 71.2 cm³/mol. The van der Waals surface area contributed by atoms with E-state index < -0.39 is 0 Å². The third kappa shape index (κ3) is 1.42.